The van der Waals surface area contributed by atoms with Gasteiger partial charge >= 0.3 is 12.1 Å². The van der Waals surface area contributed by atoms with Crippen molar-refractivity contribution in [3.8, 4) is 0 Å². The molecule has 0 amide bonds. The third-order valence-electron chi connectivity index (χ3n) is 2.79. The number of nitrogens with zero attached hydrogens (tertiary/aromatic N) is 1. The molecule has 1 fully saturated rings. The molecule has 0 spiro atoms. The lowest BCUT2D eigenvalue weighted by Crippen LogP contribution is -2.29. The van der Waals surface area contributed by atoms with E-state index in [1.807, 2.05) is 0 Å². The summed E-state index contributed by atoms with van der Waals surface area (Å²) in [6.45, 7) is 0. The van der Waals surface area contributed by atoms with Gasteiger partial charge in [-0.15, -0.1) is 0 Å². The molecule has 1 aromatic rings. The van der Waals surface area contributed by atoms with Gasteiger partial charge in [-0.05, 0) is 25.0 Å². The summed E-state index contributed by atoms with van der Waals surface area (Å²) in [5.74, 6) is -1.20. The zero-order valence-electron chi connectivity index (χ0n) is 8.08. The van der Waals surface area contributed by atoms with Crippen molar-refractivity contribution in [1.29, 1.82) is 0 Å². The molecule has 0 atom stereocenters. The lowest BCUT2D eigenvalue weighted by atomic mass is 10.0. The summed E-state index contributed by atoms with van der Waals surface area (Å²) in [6, 6.07) is 2.29. The Balaban J connectivity index is 2.33. The van der Waals surface area contributed by atoms with Crippen LogP contribution in [0, 0.1) is 0 Å². The summed E-state index contributed by atoms with van der Waals surface area (Å²) in [5.41, 5.74) is -2.05. The van der Waals surface area contributed by atoms with E-state index in [-0.39, 0.29) is 24.1 Å². The van der Waals surface area contributed by atoms with Crippen LogP contribution in [0.1, 0.15) is 28.9 Å². The highest BCUT2D eigenvalue weighted by atomic mass is 19.4. The van der Waals surface area contributed by atoms with E-state index in [1.165, 1.54) is 0 Å². The van der Waals surface area contributed by atoms with Gasteiger partial charge in [0.05, 0.1) is 11.3 Å². The molecule has 0 saturated heterocycles. The Labute approximate surface area is 88.9 Å². The molecule has 1 aliphatic rings. The summed E-state index contributed by atoms with van der Waals surface area (Å²) in [4.78, 5) is 14.1. The molecule has 0 aromatic carbocycles. The molecule has 1 saturated carbocycles. The van der Waals surface area contributed by atoms with Crippen molar-refractivity contribution < 1.29 is 23.1 Å². The molecule has 0 bridgehead atoms. The number of hydrogen-bond acceptors (Lipinski definition) is 2. The predicted molar refractivity (Wildman–Crippen MR) is 48.2 cm³/mol. The molecular formula is C10H8F3NO2. The lowest BCUT2D eigenvalue weighted by molar-refractivity contribution is -0.161. The van der Waals surface area contributed by atoms with Crippen molar-refractivity contribution in [1.82, 2.24) is 4.98 Å². The van der Waals surface area contributed by atoms with Crippen molar-refractivity contribution in [2.45, 2.75) is 24.4 Å². The minimum Gasteiger partial charge on any atom is -0.478 e. The van der Waals surface area contributed by atoms with Crippen LogP contribution in [0.2, 0.25) is 0 Å². The first kappa shape index (κ1) is 10.9. The minimum absolute atomic E-state index is 0.0237. The number of aromatic carboxylic acids is 1. The van der Waals surface area contributed by atoms with Gasteiger partial charge < -0.3 is 5.11 Å². The number of alkyl halides is 3. The van der Waals surface area contributed by atoms with E-state index in [9.17, 15) is 18.0 Å². The maximum Gasteiger partial charge on any atom is 0.399 e. The van der Waals surface area contributed by atoms with Gasteiger partial charge in [0, 0.05) is 6.20 Å². The summed E-state index contributed by atoms with van der Waals surface area (Å²) >= 11 is 0. The molecule has 86 valence electrons. The Morgan fingerprint density at radius 1 is 1.38 bits per heavy atom. The summed E-state index contributed by atoms with van der Waals surface area (Å²) < 4.78 is 38.1. The van der Waals surface area contributed by atoms with Crippen molar-refractivity contribution in [3.05, 3.63) is 29.6 Å². The number of hydrogen-bond donors (Lipinski definition) is 1. The summed E-state index contributed by atoms with van der Waals surface area (Å²) in [7, 11) is 0. The first-order valence-electron chi connectivity index (χ1n) is 4.63. The second-order valence-electron chi connectivity index (χ2n) is 3.82. The van der Waals surface area contributed by atoms with Gasteiger partial charge in [0.1, 0.15) is 5.41 Å². The lowest BCUT2D eigenvalue weighted by Gasteiger charge is -2.18. The van der Waals surface area contributed by atoms with E-state index in [4.69, 9.17) is 5.11 Å². The fourth-order valence-corrected chi connectivity index (χ4v) is 1.61. The Morgan fingerprint density at radius 3 is 2.31 bits per heavy atom. The van der Waals surface area contributed by atoms with E-state index in [0.29, 0.717) is 0 Å². The fraction of sp³-hybridized carbons (Fsp3) is 0.400. The Hall–Kier alpha value is -1.59. The van der Waals surface area contributed by atoms with Crippen LogP contribution < -0.4 is 0 Å². The molecule has 1 aromatic heterocycles. The zero-order chi connectivity index (χ0) is 12.0. The van der Waals surface area contributed by atoms with Gasteiger partial charge in [-0.2, -0.15) is 13.2 Å². The number of aromatic nitrogens is 1. The molecule has 1 aliphatic carbocycles. The normalized spacial score (nSPS) is 18.2. The largest absolute Gasteiger partial charge is 0.478 e. The fourth-order valence-electron chi connectivity index (χ4n) is 1.61. The van der Waals surface area contributed by atoms with E-state index in [0.717, 1.165) is 18.3 Å². The molecule has 0 radical (unpaired) electrons. The maximum absolute atomic E-state index is 12.7. The Bertz CT molecular complexity index is 421. The first-order valence-corrected chi connectivity index (χ1v) is 4.63. The molecule has 0 aliphatic heterocycles. The van der Waals surface area contributed by atoms with E-state index in [1.54, 1.807) is 0 Å². The molecule has 1 heterocycles. The highest BCUT2D eigenvalue weighted by molar-refractivity contribution is 5.87. The first-order chi connectivity index (χ1) is 7.37. The van der Waals surface area contributed by atoms with E-state index in [2.05, 4.69) is 4.98 Å². The van der Waals surface area contributed by atoms with Gasteiger partial charge in [-0.25, -0.2) is 4.79 Å². The number of halogens is 3. The molecule has 0 unspecified atom stereocenters. The smallest absolute Gasteiger partial charge is 0.399 e. The zero-order valence-corrected chi connectivity index (χ0v) is 8.08. The Kier molecular flexibility index (Phi) is 2.18. The third-order valence-corrected chi connectivity index (χ3v) is 2.79. The number of carbonyl (C=O) groups is 1. The standard InChI is InChI=1S/C10H8F3NO2/c11-10(12,13)9(3-4-9)7-2-1-6(5-14-7)8(15)16/h1-2,5H,3-4H2,(H,15,16). The quantitative estimate of drug-likeness (QED) is 0.850. The molecule has 6 heteroatoms. The van der Waals surface area contributed by atoms with Crippen LogP contribution in [0.5, 0.6) is 0 Å². The molecule has 1 N–H and O–H groups in total. The monoisotopic (exact) mass is 231 g/mol. The number of carboxylic acids is 1. The van der Waals surface area contributed by atoms with Crippen molar-refractivity contribution in [3.63, 3.8) is 0 Å². The molecule has 3 nitrogen and oxygen atoms in total. The third kappa shape index (κ3) is 1.54. The number of pyridine rings is 1. The van der Waals surface area contributed by atoms with Crippen LogP contribution in [0.3, 0.4) is 0 Å². The van der Waals surface area contributed by atoms with Crippen LogP contribution >= 0.6 is 0 Å². The maximum atomic E-state index is 12.7. The van der Waals surface area contributed by atoms with Crippen LogP contribution in [-0.4, -0.2) is 22.2 Å². The minimum atomic E-state index is -4.31. The van der Waals surface area contributed by atoms with Gasteiger partial charge in [0.2, 0.25) is 0 Å². The van der Waals surface area contributed by atoms with Crippen LogP contribution in [-0.2, 0) is 5.41 Å². The van der Waals surface area contributed by atoms with Gasteiger partial charge in [0.15, 0.2) is 0 Å². The number of carboxylic acid groups (broad SMARTS) is 1. The van der Waals surface area contributed by atoms with Crippen LogP contribution in [0.25, 0.3) is 0 Å². The summed E-state index contributed by atoms with van der Waals surface area (Å²) in [5, 5.41) is 8.59. The van der Waals surface area contributed by atoms with Gasteiger partial charge in [-0.1, -0.05) is 0 Å². The average Bonchev–Trinajstić information content (AvgIpc) is 2.97. The summed E-state index contributed by atoms with van der Waals surface area (Å²) in [6.07, 6.45) is -3.31. The average molecular weight is 231 g/mol. The van der Waals surface area contributed by atoms with Crippen molar-refractivity contribution >= 4 is 5.97 Å². The van der Waals surface area contributed by atoms with Crippen LogP contribution in [0.4, 0.5) is 13.2 Å². The highest BCUT2D eigenvalue weighted by Gasteiger charge is 2.65. The Morgan fingerprint density at radius 2 is 2.00 bits per heavy atom. The number of rotatable bonds is 2. The second-order valence-corrected chi connectivity index (χ2v) is 3.82. The highest BCUT2D eigenvalue weighted by Crippen LogP contribution is 2.58. The molecular weight excluding hydrogens is 223 g/mol. The van der Waals surface area contributed by atoms with Gasteiger partial charge in [0.25, 0.3) is 0 Å². The van der Waals surface area contributed by atoms with Crippen LogP contribution in [0.15, 0.2) is 18.3 Å². The second kappa shape index (κ2) is 3.20. The topological polar surface area (TPSA) is 50.2 Å². The van der Waals surface area contributed by atoms with Crippen molar-refractivity contribution in [2.24, 2.45) is 0 Å². The SMILES string of the molecule is O=C(O)c1ccc(C2(C(F)(F)F)CC2)nc1. The van der Waals surface area contributed by atoms with E-state index >= 15 is 0 Å². The predicted octanol–water partition coefficient (Wildman–Crippen LogP) is 2.37. The molecule has 2 rings (SSSR count). The molecule has 16 heavy (non-hydrogen) atoms. The van der Waals surface area contributed by atoms with Gasteiger partial charge in [-0.3, -0.25) is 4.98 Å². The van der Waals surface area contributed by atoms with Crippen molar-refractivity contribution in [2.75, 3.05) is 0 Å². The van der Waals surface area contributed by atoms with E-state index < -0.39 is 17.6 Å².